The van der Waals surface area contributed by atoms with Gasteiger partial charge < -0.3 is 5.11 Å². The molecule has 3 rings (SSSR count). The summed E-state index contributed by atoms with van der Waals surface area (Å²) in [6, 6.07) is 16.7. The number of hydrogen-bond acceptors (Lipinski definition) is 6. The van der Waals surface area contributed by atoms with Crippen molar-refractivity contribution in [2.45, 2.75) is 30.2 Å². The fraction of sp³-hybridized carbons (Fsp3) is 0.136. The van der Waals surface area contributed by atoms with Crippen LogP contribution >= 0.6 is 0 Å². The number of carbonyl (C=O) groups is 1. The van der Waals surface area contributed by atoms with Crippen molar-refractivity contribution in [1.29, 1.82) is 0 Å². The SMILES string of the molecule is Cc1ccc(S(=O)(=O)NNC(=O)c2cc(S(=O)(=O)NCc3ccccc3)ccc2O)c(C)c1. The number of phenolic OH excluding ortho intramolecular Hbond substituents is 1. The van der Waals surface area contributed by atoms with Crippen LogP contribution in [0.1, 0.15) is 27.0 Å². The van der Waals surface area contributed by atoms with Crippen LogP contribution in [0.25, 0.3) is 0 Å². The van der Waals surface area contributed by atoms with Crippen molar-refractivity contribution in [3.05, 3.63) is 89.0 Å². The van der Waals surface area contributed by atoms with E-state index in [-0.39, 0.29) is 16.3 Å². The normalized spacial score (nSPS) is 11.8. The maximum Gasteiger partial charge on any atom is 0.270 e. The summed E-state index contributed by atoms with van der Waals surface area (Å²) in [5, 5.41) is 10.0. The summed E-state index contributed by atoms with van der Waals surface area (Å²) in [7, 11) is -8.10. The topological polar surface area (TPSA) is 142 Å². The van der Waals surface area contributed by atoms with E-state index in [4.69, 9.17) is 0 Å². The van der Waals surface area contributed by atoms with Gasteiger partial charge in [0.05, 0.1) is 15.4 Å². The van der Waals surface area contributed by atoms with Crippen LogP contribution in [-0.4, -0.2) is 27.8 Å². The van der Waals surface area contributed by atoms with Crippen molar-refractivity contribution in [2.75, 3.05) is 0 Å². The number of hydrazine groups is 1. The van der Waals surface area contributed by atoms with E-state index in [0.29, 0.717) is 5.56 Å². The van der Waals surface area contributed by atoms with Crippen molar-refractivity contribution >= 4 is 26.0 Å². The molecule has 0 heterocycles. The number of aromatic hydroxyl groups is 1. The lowest BCUT2D eigenvalue weighted by molar-refractivity contribution is 0.0942. The molecule has 9 nitrogen and oxygen atoms in total. The molecule has 0 saturated heterocycles. The van der Waals surface area contributed by atoms with E-state index in [1.54, 1.807) is 49.4 Å². The average Bonchev–Trinajstić information content (AvgIpc) is 2.77. The van der Waals surface area contributed by atoms with Gasteiger partial charge in [-0.3, -0.25) is 10.2 Å². The number of benzene rings is 3. The minimum atomic E-state index is -4.10. The van der Waals surface area contributed by atoms with E-state index in [1.807, 2.05) is 17.2 Å². The first-order valence-electron chi connectivity index (χ1n) is 9.75. The molecule has 0 aliphatic carbocycles. The Labute approximate surface area is 192 Å². The molecule has 11 heteroatoms. The Morgan fingerprint density at radius 3 is 2.24 bits per heavy atom. The van der Waals surface area contributed by atoms with Crippen LogP contribution in [0.4, 0.5) is 0 Å². The lowest BCUT2D eigenvalue weighted by atomic mass is 10.2. The zero-order valence-corrected chi connectivity index (χ0v) is 19.5. The molecule has 3 aromatic carbocycles. The first-order valence-corrected chi connectivity index (χ1v) is 12.7. The second kappa shape index (κ2) is 9.71. The molecular weight excluding hydrogens is 466 g/mol. The number of phenols is 1. The maximum atomic E-state index is 12.6. The third-order valence-corrected chi connectivity index (χ3v) is 7.56. The van der Waals surface area contributed by atoms with Gasteiger partial charge in [0.25, 0.3) is 15.9 Å². The zero-order chi connectivity index (χ0) is 24.2. The molecule has 0 aliphatic rings. The van der Waals surface area contributed by atoms with Gasteiger partial charge in [0.2, 0.25) is 10.0 Å². The lowest BCUT2D eigenvalue weighted by Crippen LogP contribution is -2.41. The number of rotatable bonds is 8. The summed E-state index contributed by atoms with van der Waals surface area (Å²) in [5.74, 6) is -1.54. The average molecular weight is 490 g/mol. The van der Waals surface area contributed by atoms with E-state index >= 15 is 0 Å². The van der Waals surface area contributed by atoms with Crippen LogP contribution in [0.2, 0.25) is 0 Å². The Morgan fingerprint density at radius 1 is 0.879 bits per heavy atom. The minimum absolute atomic E-state index is 0.0286. The quantitative estimate of drug-likeness (QED) is 0.357. The van der Waals surface area contributed by atoms with Gasteiger partial charge in [-0.1, -0.05) is 48.0 Å². The Hall–Kier alpha value is -3.25. The first-order chi connectivity index (χ1) is 15.5. The fourth-order valence-electron chi connectivity index (χ4n) is 3.06. The lowest BCUT2D eigenvalue weighted by Gasteiger charge is -2.13. The summed E-state index contributed by atoms with van der Waals surface area (Å²) in [4.78, 5) is 14.2. The summed E-state index contributed by atoms with van der Waals surface area (Å²) >= 11 is 0. The van der Waals surface area contributed by atoms with Crippen LogP contribution in [0, 0.1) is 13.8 Å². The highest BCUT2D eigenvalue weighted by Crippen LogP contribution is 2.22. The molecule has 0 unspecified atom stereocenters. The molecule has 0 spiro atoms. The second-order valence-electron chi connectivity index (χ2n) is 7.32. The molecule has 3 aromatic rings. The van der Waals surface area contributed by atoms with Crippen LogP contribution in [0.5, 0.6) is 5.75 Å². The van der Waals surface area contributed by atoms with Crippen LogP contribution in [-0.2, 0) is 26.6 Å². The number of carbonyl (C=O) groups excluding carboxylic acids is 1. The summed E-state index contributed by atoms with van der Waals surface area (Å²) in [5.41, 5.74) is 3.68. The van der Waals surface area contributed by atoms with Gasteiger partial charge in [-0.05, 0) is 49.2 Å². The van der Waals surface area contributed by atoms with Crippen LogP contribution in [0.15, 0.2) is 76.5 Å². The molecule has 0 aliphatic heterocycles. The standard InChI is InChI=1S/C22H23N3O6S2/c1-15-8-11-21(16(2)12-15)33(30,31)25-24-22(27)19-13-18(9-10-20(19)26)32(28,29)23-14-17-6-4-3-5-7-17/h3-13,23,25-26H,14H2,1-2H3,(H,24,27). The van der Waals surface area contributed by atoms with Crippen molar-refractivity contribution in [2.24, 2.45) is 0 Å². The molecule has 0 aromatic heterocycles. The van der Waals surface area contributed by atoms with Gasteiger partial charge in [-0.15, -0.1) is 4.83 Å². The van der Waals surface area contributed by atoms with Gasteiger partial charge in [0.15, 0.2) is 0 Å². The Bertz CT molecular complexity index is 1390. The smallest absolute Gasteiger partial charge is 0.270 e. The van der Waals surface area contributed by atoms with Gasteiger partial charge >= 0.3 is 0 Å². The van der Waals surface area contributed by atoms with Crippen molar-refractivity contribution < 1.29 is 26.7 Å². The minimum Gasteiger partial charge on any atom is -0.507 e. The maximum absolute atomic E-state index is 12.6. The highest BCUT2D eigenvalue weighted by atomic mass is 32.2. The van der Waals surface area contributed by atoms with E-state index < -0.39 is 37.3 Å². The number of amides is 1. The third kappa shape index (κ3) is 5.96. The molecule has 33 heavy (non-hydrogen) atoms. The summed E-state index contributed by atoms with van der Waals surface area (Å²) in [6.45, 7) is 3.46. The molecule has 0 bridgehead atoms. The number of hydrogen-bond donors (Lipinski definition) is 4. The molecule has 0 saturated carbocycles. The predicted molar refractivity (Wildman–Crippen MR) is 122 cm³/mol. The van der Waals surface area contributed by atoms with Crippen molar-refractivity contribution in [3.8, 4) is 5.75 Å². The first kappa shape index (κ1) is 24.4. The monoisotopic (exact) mass is 489 g/mol. The molecule has 0 fully saturated rings. The Balaban J connectivity index is 1.76. The Kier molecular flexibility index (Phi) is 7.18. The summed E-state index contributed by atoms with van der Waals surface area (Å²) in [6.07, 6.45) is 0. The van der Waals surface area contributed by atoms with Gasteiger partial charge in [0.1, 0.15) is 5.75 Å². The molecule has 0 radical (unpaired) electrons. The number of sulfonamides is 2. The van der Waals surface area contributed by atoms with Gasteiger partial charge in [-0.25, -0.2) is 21.6 Å². The molecule has 0 atom stereocenters. The largest absolute Gasteiger partial charge is 0.507 e. The van der Waals surface area contributed by atoms with Crippen molar-refractivity contribution in [1.82, 2.24) is 15.0 Å². The van der Waals surface area contributed by atoms with Crippen molar-refractivity contribution in [3.63, 3.8) is 0 Å². The number of nitrogens with one attached hydrogen (secondary N) is 3. The molecule has 1 amide bonds. The van der Waals surface area contributed by atoms with Gasteiger partial charge in [0, 0.05) is 6.54 Å². The summed E-state index contributed by atoms with van der Waals surface area (Å²) < 4.78 is 52.7. The highest BCUT2D eigenvalue weighted by Gasteiger charge is 2.22. The second-order valence-corrected chi connectivity index (χ2v) is 10.7. The molecule has 4 N–H and O–H groups in total. The highest BCUT2D eigenvalue weighted by molar-refractivity contribution is 7.89. The molecular formula is C22H23N3O6S2. The van der Waals surface area contributed by atoms with Crippen LogP contribution in [0.3, 0.4) is 0 Å². The fourth-order valence-corrected chi connectivity index (χ4v) is 5.17. The van der Waals surface area contributed by atoms with E-state index in [1.165, 1.54) is 6.07 Å². The zero-order valence-electron chi connectivity index (χ0n) is 17.9. The third-order valence-electron chi connectivity index (χ3n) is 4.75. The molecule has 174 valence electrons. The Morgan fingerprint density at radius 2 is 1.58 bits per heavy atom. The number of aryl methyl sites for hydroxylation is 2. The van der Waals surface area contributed by atoms with Gasteiger partial charge in [-0.2, -0.15) is 0 Å². The van der Waals surface area contributed by atoms with E-state index in [0.717, 1.165) is 29.3 Å². The van der Waals surface area contributed by atoms with E-state index in [2.05, 4.69) is 4.72 Å². The van der Waals surface area contributed by atoms with Crippen LogP contribution < -0.4 is 15.0 Å². The predicted octanol–water partition coefficient (Wildman–Crippen LogP) is 2.11. The van der Waals surface area contributed by atoms with E-state index in [9.17, 15) is 26.7 Å².